The number of hydrogen-bond donors (Lipinski definition) is 0. The van der Waals surface area contributed by atoms with E-state index in [4.69, 9.17) is 0 Å². The molecule has 5 heteroatoms. The van der Waals surface area contributed by atoms with Crippen molar-refractivity contribution in [3.8, 4) is 23.7 Å². The molecule has 1 heterocycles. The Bertz CT molecular complexity index is 1340. The van der Waals surface area contributed by atoms with Gasteiger partial charge in [-0.2, -0.15) is 13.2 Å². The maximum absolute atomic E-state index is 14.5. The van der Waals surface area contributed by atoms with E-state index in [-0.39, 0.29) is 11.5 Å². The molecule has 3 aromatic rings. The Morgan fingerprint density at radius 3 is 2.59 bits per heavy atom. The van der Waals surface area contributed by atoms with Crippen LogP contribution in [0.5, 0.6) is 0 Å². The van der Waals surface area contributed by atoms with Crippen molar-refractivity contribution < 1.29 is 17.6 Å². The predicted octanol–water partition coefficient (Wildman–Crippen LogP) is 8.45. The van der Waals surface area contributed by atoms with Crippen LogP contribution in [-0.2, 0) is 6.42 Å². The standard InChI is InChI=1S/C29H24F4S/c1-3-4-21-7-11-23-17-25(34-28(23)16-21)12-8-20-5-9-22(10-6-20)24-15-19(2)26(27(30)18-24)13-14-29(31,32)33/h7,9,11,15-18,20H,3-6,10H2,1-2H3. The van der Waals surface area contributed by atoms with Crippen LogP contribution in [0.4, 0.5) is 17.6 Å². The molecule has 34 heavy (non-hydrogen) atoms. The average molecular weight is 481 g/mol. The molecule has 0 nitrogen and oxygen atoms in total. The van der Waals surface area contributed by atoms with E-state index >= 15 is 0 Å². The zero-order chi connectivity index (χ0) is 24.3. The van der Waals surface area contributed by atoms with Crippen molar-refractivity contribution >= 4 is 27.0 Å². The number of fused-ring (bicyclic) bond motifs is 1. The van der Waals surface area contributed by atoms with Gasteiger partial charge in [0.05, 0.1) is 10.4 Å². The topological polar surface area (TPSA) is 0 Å². The van der Waals surface area contributed by atoms with E-state index in [9.17, 15) is 17.6 Å². The van der Waals surface area contributed by atoms with E-state index in [1.807, 2.05) is 5.92 Å². The number of alkyl halides is 3. The third-order valence-electron chi connectivity index (χ3n) is 5.92. The Morgan fingerprint density at radius 1 is 1.09 bits per heavy atom. The molecule has 4 rings (SSSR count). The fourth-order valence-corrected chi connectivity index (χ4v) is 5.19. The first-order valence-corrected chi connectivity index (χ1v) is 12.2. The fraction of sp³-hybridized carbons (Fsp3) is 0.310. The molecule has 0 N–H and O–H groups in total. The van der Waals surface area contributed by atoms with Gasteiger partial charge in [0.25, 0.3) is 0 Å². The zero-order valence-electron chi connectivity index (χ0n) is 19.1. The zero-order valence-corrected chi connectivity index (χ0v) is 19.9. The third-order valence-corrected chi connectivity index (χ3v) is 6.93. The Morgan fingerprint density at radius 2 is 1.91 bits per heavy atom. The number of thiophene rings is 1. The van der Waals surface area contributed by atoms with Gasteiger partial charge in [0, 0.05) is 16.5 Å². The molecule has 2 aromatic carbocycles. The number of aryl methyl sites for hydroxylation is 2. The minimum atomic E-state index is -4.65. The molecule has 1 aromatic heterocycles. The van der Waals surface area contributed by atoms with Gasteiger partial charge in [-0.25, -0.2) is 4.39 Å². The molecule has 0 bridgehead atoms. The van der Waals surface area contributed by atoms with E-state index < -0.39 is 12.0 Å². The van der Waals surface area contributed by atoms with Crippen molar-refractivity contribution in [2.75, 3.05) is 0 Å². The van der Waals surface area contributed by atoms with Gasteiger partial charge in [-0.15, -0.1) is 11.3 Å². The summed E-state index contributed by atoms with van der Waals surface area (Å²) in [6.07, 6.45) is 2.01. The molecule has 0 saturated carbocycles. The lowest BCUT2D eigenvalue weighted by molar-refractivity contribution is -0.0696. The maximum Gasteiger partial charge on any atom is 0.458 e. The Labute approximate surface area is 201 Å². The monoisotopic (exact) mass is 480 g/mol. The van der Waals surface area contributed by atoms with Crippen molar-refractivity contribution in [1.29, 1.82) is 0 Å². The second-order valence-corrected chi connectivity index (χ2v) is 9.68. The lowest BCUT2D eigenvalue weighted by Crippen LogP contribution is -2.05. The molecular formula is C29H24F4S. The minimum Gasteiger partial charge on any atom is -0.206 e. The summed E-state index contributed by atoms with van der Waals surface area (Å²) in [6, 6.07) is 11.7. The lowest BCUT2D eigenvalue weighted by atomic mass is 9.86. The summed E-state index contributed by atoms with van der Waals surface area (Å²) in [7, 11) is 0. The van der Waals surface area contributed by atoms with Gasteiger partial charge >= 0.3 is 6.18 Å². The molecule has 1 atom stereocenters. The Hall–Kier alpha value is -3.02. The second-order valence-electron chi connectivity index (χ2n) is 8.60. The van der Waals surface area contributed by atoms with Crippen molar-refractivity contribution in [3.05, 3.63) is 75.4 Å². The number of benzene rings is 2. The van der Waals surface area contributed by atoms with Crippen LogP contribution in [-0.4, -0.2) is 6.18 Å². The first kappa shape index (κ1) is 24.1. The van der Waals surface area contributed by atoms with Crippen LogP contribution in [0.25, 0.3) is 15.7 Å². The van der Waals surface area contributed by atoms with Gasteiger partial charge in [-0.1, -0.05) is 55.4 Å². The summed E-state index contributed by atoms with van der Waals surface area (Å²) in [4.78, 5) is 1.06. The van der Waals surface area contributed by atoms with Gasteiger partial charge in [-0.3, -0.25) is 0 Å². The molecule has 0 radical (unpaired) electrons. The van der Waals surface area contributed by atoms with Crippen LogP contribution in [0.2, 0.25) is 0 Å². The highest BCUT2D eigenvalue weighted by Crippen LogP contribution is 2.32. The second kappa shape index (κ2) is 10.1. The third kappa shape index (κ3) is 5.91. The number of halogens is 4. The highest BCUT2D eigenvalue weighted by Gasteiger charge is 2.23. The van der Waals surface area contributed by atoms with Crippen LogP contribution < -0.4 is 0 Å². The van der Waals surface area contributed by atoms with Gasteiger partial charge in [0.1, 0.15) is 5.82 Å². The molecule has 0 fully saturated rings. The molecule has 1 aliphatic carbocycles. The number of allylic oxidation sites excluding steroid dienone is 2. The van der Waals surface area contributed by atoms with Crippen molar-refractivity contribution in [3.63, 3.8) is 0 Å². The van der Waals surface area contributed by atoms with Crippen LogP contribution >= 0.6 is 11.3 Å². The SMILES string of the molecule is CCCc1ccc2cc(C#CC3CC=C(c4cc(C)c(C#CC(F)(F)F)c(F)c4)CC3)sc2c1. The summed E-state index contributed by atoms with van der Waals surface area (Å²) in [5.74, 6) is 9.30. The average Bonchev–Trinajstić information content (AvgIpc) is 3.19. The first-order valence-electron chi connectivity index (χ1n) is 11.4. The molecule has 1 unspecified atom stereocenters. The predicted molar refractivity (Wildman–Crippen MR) is 132 cm³/mol. The maximum atomic E-state index is 14.5. The number of rotatable bonds is 3. The normalized spacial score (nSPS) is 15.8. The molecular weight excluding hydrogens is 456 g/mol. The van der Waals surface area contributed by atoms with Gasteiger partial charge in [0.15, 0.2) is 0 Å². The molecule has 174 valence electrons. The van der Waals surface area contributed by atoms with E-state index in [0.717, 1.165) is 48.5 Å². The molecule has 0 amide bonds. The lowest BCUT2D eigenvalue weighted by Gasteiger charge is -2.19. The molecule has 0 saturated heterocycles. The van der Waals surface area contributed by atoms with Crippen molar-refractivity contribution in [1.82, 2.24) is 0 Å². The van der Waals surface area contributed by atoms with Crippen LogP contribution in [0.1, 0.15) is 59.7 Å². The summed E-state index contributed by atoms with van der Waals surface area (Å²) in [5.41, 5.74) is 3.26. The molecule has 1 aliphatic rings. The van der Waals surface area contributed by atoms with E-state index in [0.29, 0.717) is 11.1 Å². The van der Waals surface area contributed by atoms with Gasteiger partial charge < -0.3 is 0 Å². The summed E-state index contributed by atoms with van der Waals surface area (Å²) in [5, 5.41) is 1.22. The quantitative estimate of drug-likeness (QED) is 0.261. The van der Waals surface area contributed by atoms with Crippen molar-refractivity contribution in [2.45, 2.75) is 52.1 Å². The summed E-state index contributed by atoms with van der Waals surface area (Å²) in [6.45, 7) is 3.76. The first-order chi connectivity index (χ1) is 16.2. The van der Waals surface area contributed by atoms with Crippen LogP contribution in [0.3, 0.4) is 0 Å². The smallest absolute Gasteiger partial charge is 0.206 e. The molecule has 0 spiro atoms. The van der Waals surface area contributed by atoms with Gasteiger partial charge in [-0.05, 0) is 78.5 Å². The van der Waals surface area contributed by atoms with E-state index in [1.54, 1.807) is 24.3 Å². The van der Waals surface area contributed by atoms with Crippen molar-refractivity contribution in [2.24, 2.45) is 5.92 Å². The number of hydrogen-bond acceptors (Lipinski definition) is 1. The fourth-order valence-electron chi connectivity index (χ4n) is 4.20. The highest BCUT2D eigenvalue weighted by atomic mass is 32.1. The van der Waals surface area contributed by atoms with E-state index in [2.05, 4.69) is 49.1 Å². The van der Waals surface area contributed by atoms with E-state index in [1.165, 1.54) is 21.7 Å². The summed E-state index contributed by atoms with van der Waals surface area (Å²) >= 11 is 1.72. The minimum absolute atomic E-state index is 0.202. The Balaban J connectivity index is 1.47. The molecule has 0 aliphatic heterocycles. The largest absolute Gasteiger partial charge is 0.458 e. The van der Waals surface area contributed by atoms with Gasteiger partial charge in [0.2, 0.25) is 0 Å². The summed E-state index contributed by atoms with van der Waals surface area (Å²) < 4.78 is 52.8. The Kier molecular flexibility index (Phi) is 7.15. The highest BCUT2D eigenvalue weighted by molar-refractivity contribution is 7.19. The van der Waals surface area contributed by atoms with Crippen LogP contribution in [0.15, 0.2) is 42.5 Å². The van der Waals surface area contributed by atoms with Crippen LogP contribution in [0, 0.1) is 42.3 Å².